The van der Waals surface area contributed by atoms with E-state index in [1.807, 2.05) is 26.8 Å². The van der Waals surface area contributed by atoms with Crippen molar-refractivity contribution in [2.24, 2.45) is 0 Å². The van der Waals surface area contributed by atoms with Gasteiger partial charge < -0.3 is 19.7 Å². The van der Waals surface area contributed by atoms with Crippen LogP contribution in [0.1, 0.15) is 26.5 Å². The maximum Gasteiger partial charge on any atom is 0.410 e. The maximum atomic E-state index is 12.1. The molecule has 1 unspecified atom stereocenters. The number of carbonyl (C=O) groups is 1. The van der Waals surface area contributed by atoms with Crippen LogP contribution in [-0.4, -0.2) is 58.9 Å². The van der Waals surface area contributed by atoms with Crippen LogP contribution >= 0.6 is 0 Å². The topological polar surface area (TPSA) is 76.6 Å². The Morgan fingerprint density at radius 2 is 2.23 bits per heavy atom. The van der Waals surface area contributed by atoms with Gasteiger partial charge in [0.15, 0.2) is 0 Å². The van der Waals surface area contributed by atoms with Crippen LogP contribution in [0.3, 0.4) is 0 Å². The highest BCUT2D eigenvalue weighted by atomic mass is 16.6. The second-order valence-electron chi connectivity index (χ2n) is 6.35. The van der Waals surface area contributed by atoms with Crippen molar-refractivity contribution in [3.8, 4) is 0 Å². The molecule has 0 aliphatic carbocycles. The normalized spacial score (nSPS) is 21.9. The monoisotopic (exact) mass is 308 g/mol. The molecule has 1 saturated heterocycles. The molecule has 122 valence electrons. The molecule has 2 rings (SSSR count). The summed E-state index contributed by atoms with van der Waals surface area (Å²) in [4.78, 5) is 21.9. The molecule has 1 aliphatic heterocycles. The molecule has 2 atom stereocenters. The Balaban J connectivity index is 1.90. The SMILES string of the molecule is CO[C@H]1CN(C(=O)OC(C)(C)C)CC1NCc1ccncn1. The van der Waals surface area contributed by atoms with Gasteiger partial charge in [-0.15, -0.1) is 0 Å². The first kappa shape index (κ1) is 16.6. The third kappa shape index (κ3) is 4.64. The summed E-state index contributed by atoms with van der Waals surface area (Å²) in [5, 5.41) is 3.38. The lowest BCUT2D eigenvalue weighted by Gasteiger charge is -2.24. The van der Waals surface area contributed by atoms with E-state index in [2.05, 4.69) is 15.3 Å². The highest BCUT2D eigenvalue weighted by Gasteiger charge is 2.37. The smallest absolute Gasteiger partial charge is 0.410 e. The van der Waals surface area contributed by atoms with Crippen molar-refractivity contribution >= 4 is 6.09 Å². The third-order valence-electron chi connectivity index (χ3n) is 3.41. The van der Waals surface area contributed by atoms with E-state index < -0.39 is 5.60 Å². The van der Waals surface area contributed by atoms with Gasteiger partial charge in [-0.25, -0.2) is 14.8 Å². The minimum Gasteiger partial charge on any atom is -0.444 e. The Bertz CT molecular complexity index is 489. The number of likely N-dealkylation sites (tertiary alicyclic amines) is 1. The fourth-order valence-electron chi connectivity index (χ4n) is 2.34. The number of hydrogen-bond donors (Lipinski definition) is 1. The first-order valence-corrected chi connectivity index (χ1v) is 7.38. The van der Waals surface area contributed by atoms with E-state index >= 15 is 0 Å². The van der Waals surface area contributed by atoms with Gasteiger partial charge in [0.2, 0.25) is 0 Å². The number of ether oxygens (including phenoxy) is 2. The number of rotatable bonds is 4. The number of amides is 1. The minimum absolute atomic E-state index is 0.0486. The van der Waals surface area contributed by atoms with Gasteiger partial charge >= 0.3 is 6.09 Å². The van der Waals surface area contributed by atoms with Crippen molar-refractivity contribution in [1.29, 1.82) is 0 Å². The zero-order valence-corrected chi connectivity index (χ0v) is 13.6. The number of nitrogens with zero attached hydrogens (tertiary/aromatic N) is 3. The maximum absolute atomic E-state index is 12.1. The average molecular weight is 308 g/mol. The summed E-state index contributed by atoms with van der Waals surface area (Å²) in [6.07, 6.45) is 2.86. The van der Waals surface area contributed by atoms with Crippen LogP contribution in [0.5, 0.6) is 0 Å². The molecule has 7 heteroatoms. The van der Waals surface area contributed by atoms with Crippen LogP contribution in [-0.2, 0) is 16.0 Å². The van der Waals surface area contributed by atoms with Crippen LogP contribution in [0.2, 0.25) is 0 Å². The summed E-state index contributed by atoms with van der Waals surface area (Å²) in [6, 6.07) is 1.91. The molecule has 1 fully saturated rings. The Hall–Kier alpha value is -1.73. The molecular formula is C15H24N4O3. The summed E-state index contributed by atoms with van der Waals surface area (Å²) in [7, 11) is 1.66. The van der Waals surface area contributed by atoms with Crippen LogP contribution in [0.15, 0.2) is 18.6 Å². The van der Waals surface area contributed by atoms with Crippen molar-refractivity contribution in [2.75, 3.05) is 20.2 Å². The van der Waals surface area contributed by atoms with E-state index in [0.717, 1.165) is 5.69 Å². The molecule has 1 N–H and O–H groups in total. The molecule has 1 aliphatic rings. The van der Waals surface area contributed by atoms with Crippen LogP contribution in [0.25, 0.3) is 0 Å². The van der Waals surface area contributed by atoms with Crippen molar-refractivity contribution in [1.82, 2.24) is 20.2 Å². The predicted octanol–water partition coefficient (Wildman–Crippen LogP) is 1.20. The van der Waals surface area contributed by atoms with E-state index in [1.54, 1.807) is 18.2 Å². The zero-order chi connectivity index (χ0) is 16.2. The second-order valence-corrected chi connectivity index (χ2v) is 6.35. The van der Waals surface area contributed by atoms with Gasteiger partial charge in [-0.05, 0) is 26.8 Å². The fourth-order valence-corrected chi connectivity index (χ4v) is 2.34. The molecule has 2 heterocycles. The number of aromatic nitrogens is 2. The second kappa shape index (κ2) is 7.02. The molecule has 0 aromatic carbocycles. The molecule has 22 heavy (non-hydrogen) atoms. The minimum atomic E-state index is -0.494. The first-order valence-electron chi connectivity index (χ1n) is 7.38. The largest absolute Gasteiger partial charge is 0.444 e. The van der Waals surface area contributed by atoms with E-state index in [0.29, 0.717) is 19.6 Å². The van der Waals surface area contributed by atoms with Crippen molar-refractivity contribution in [2.45, 2.75) is 45.1 Å². The Labute approximate surface area is 131 Å². The van der Waals surface area contributed by atoms with Gasteiger partial charge in [0.1, 0.15) is 11.9 Å². The first-order chi connectivity index (χ1) is 10.4. The van der Waals surface area contributed by atoms with Gasteiger partial charge in [-0.3, -0.25) is 0 Å². The van der Waals surface area contributed by atoms with Gasteiger partial charge in [0.25, 0.3) is 0 Å². The van der Waals surface area contributed by atoms with E-state index in [9.17, 15) is 4.79 Å². The van der Waals surface area contributed by atoms with Gasteiger partial charge in [-0.2, -0.15) is 0 Å². The predicted molar refractivity (Wildman–Crippen MR) is 81.3 cm³/mol. The molecule has 7 nitrogen and oxygen atoms in total. The lowest BCUT2D eigenvalue weighted by atomic mass is 10.2. The van der Waals surface area contributed by atoms with Crippen molar-refractivity contribution < 1.29 is 14.3 Å². The summed E-state index contributed by atoms with van der Waals surface area (Å²) < 4.78 is 10.9. The lowest BCUT2D eigenvalue weighted by molar-refractivity contribution is 0.0252. The summed E-state index contributed by atoms with van der Waals surface area (Å²) in [6.45, 7) is 7.26. The van der Waals surface area contributed by atoms with Gasteiger partial charge in [0.05, 0.1) is 24.4 Å². The van der Waals surface area contributed by atoms with Crippen molar-refractivity contribution in [3.05, 3.63) is 24.3 Å². The van der Waals surface area contributed by atoms with Crippen LogP contribution in [0, 0.1) is 0 Å². The molecule has 1 aromatic rings. The van der Waals surface area contributed by atoms with Crippen LogP contribution < -0.4 is 5.32 Å². The average Bonchev–Trinajstić information content (AvgIpc) is 2.88. The molecule has 0 saturated carbocycles. The standard InChI is InChI=1S/C15H24N4O3/c1-15(2,3)22-14(20)19-8-12(13(9-19)21-4)17-7-11-5-6-16-10-18-11/h5-6,10,12-13,17H,7-9H2,1-4H3/t12?,13-/m0/s1. The number of methoxy groups -OCH3 is 1. The highest BCUT2D eigenvalue weighted by molar-refractivity contribution is 5.68. The summed E-state index contributed by atoms with van der Waals surface area (Å²) >= 11 is 0. The van der Waals surface area contributed by atoms with E-state index in [-0.39, 0.29) is 18.2 Å². The Morgan fingerprint density at radius 1 is 1.45 bits per heavy atom. The van der Waals surface area contributed by atoms with Crippen LogP contribution in [0.4, 0.5) is 4.79 Å². The number of nitrogens with one attached hydrogen (secondary N) is 1. The molecule has 0 bridgehead atoms. The van der Waals surface area contributed by atoms with E-state index in [1.165, 1.54) is 6.33 Å². The summed E-state index contributed by atoms with van der Waals surface area (Å²) in [5.74, 6) is 0. The molecule has 1 amide bonds. The van der Waals surface area contributed by atoms with Gasteiger partial charge in [-0.1, -0.05) is 0 Å². The quantitative estimate of drug-likeness (QED) is 0.900. The molecule has 0 spiro atoms. The van der Waals surface area contributed by atoms with Crippen molar-refractivity contribution in [3.63, 3.8) is 0 Å². The van der Waals surface area contributed by atoms with Gasteiger partial charge in [0, 0.05) is 26.4 Å². The van der Waals surface area contributed by atoms with E-state index in [4.69, 9.17) is 9.47 Å². The molecular weight excluding hydrogens is 284 g/mol. The molecule has 0 radical (unpaired) electrons. The Morgan fingerprint density at radius 3 is 2.82 bits per heavy atom. The Kier molecular flexibility index (Phi) is 5.31. The number of hydrogen-bond acceptors (Lipinski definition) is 6. The number of carbonyl (C=O) groups excluding carboxylic acids is 1. The highest BCUT2D eigenvalue weighted by Crippen LogP contribution is 2.17. The zero-order valence-electron chi connectivity index (χ0n) is 13.6. The lowest BCUT2D eigenvalue weighted by Crippen LogP contribution is -2.40. The molecule has 1 aromatic heterocycles. The fraction of sp³-hybridized carbons (Fsp3) is 0.667. The summed E-state index contributed by atoms with van der Waals surface area (Å²) in [5.41, 5.74) is 0.409. The third-order valence-corrected chi connectivity index (χ3v) is 3.41.